The molecule has 1 aliphatic carbocycles. The van der Waals surface area contributed by atoms with Gasteiger partial charge >= 0.3 is 5.97 Å². The molecule has 0 bridgehead atoms. The van der Waals surface area contributed by atoms with E-state index in [1.165, 1.54) is 11.0 Å². The van der Waals surface area contributed by atoms with Crippen LogP contribution in [0.15, 0.2) is 47.4 Å². The fourth-order valence-corrected chi connectivity index (χ4v) is 4.92. The summed E-state index contributed by atoms with van der Waals surface area (Å²) in [5.74, 6) is -1.35. The molecule has 0 aromatic heterocycles. The largest absolute Gasteiger partial charge is 0.452 e. The van der Waals surface area contributed by atoms with Crippen LogP contribution in [0.4, 0.5) is 5.69 Å². The third kappa shape index (κ3) is 5.31. The van der Waals surface area contributed by atoms with Gasteiger partial charge in [0.1, 0.15) is 4.90 Å². The van der Waals surface area contributed by atoms with E-state index in [1.54, 1.807) is 31.2 Å². The van der Waals surface area contributed by atoms with Crippen molar-refractivity contribution in [2.45, 2.75) is 30.7 Å². The molecule has 3 rings (SSSR count). The van der Waals surface area contributed by atoms with Crippen molar-refractivity contribution < 1.29 is 22.7 Å². The van der Waals surface area contributed by atoms with E-state index in [1.807, 2.05) is 6.07 Å². The van der Waals surface area contributed by atoms with Crippen LogP contribution in [0.1, 0.15) is 30.1 Å². The first-order valence-electron chi connectivity index (χ1n) is 9.27. The van der Waals surface area contributed by atoms with E-state index in [4.69, 9.17) is 27.9 Å². The molecule has 1 amide bonds. The Balaban J connectivity index is 1.75. The van der Waals surface area contributed by atoms with Crippen molar-refractivity contribution in [3.8, 4) is 0 Å². The number of halogens is 2. The van der Waals surface area contributed by atoms with E-state index in [0.717, 1.165) is 18.9 Å². The maximum atomic E-state index is 12.5. The van der Waals surface area contributed by atoms with E-state index < -0.39 is 28.5 Å². The van der Waals surface area contributed by atoms with Crippen LogP contribution in [0, 0.1) is 0 Å². The zero-order valence-electron chi connectivity index (χ0n) is 16.1. The van der Waals surface area contributed by atoms with Gasteiger partial charge in [-0.3, -0.25) is 4.79 Å². The number of nitrogens with one attached hydrogen (secondary N) is 1. The molecule has 1 aliphatic rings. The highest BCUT2D eigenvalue weighted by Crippen LogP contribution is 2.31. The number of benzene rings is 2. The summed E-state index contributed by atoms with van der Waals surface area (Å²) < 4.78 is 32.6. The Morgan fingerprint density at radius 2 is 1.80 bits per heavy atom. The molecule has 0 spiro atoms. The predicted molar refractivity (Wildman–Crippen MR) is 115 cm³/mol. The minimum atomic E-state index is -3.91. The minimum Gasteiger partial charge on any atom is -0.452 e. The average molecular weight is 471 g/mol. The van der Waals surface area contributed by atoms with Gasteiger partial charge in [-0.1, -0.05) is 41.4 Å². The molecular weight excluding hydrogens is 451 g/mol. The van der Waals surface area contributed by atoms with E-state index in [0.29, 0.717) is 12.2 Å². The number of carbonyl (C=O) groups excluding carboxylic acids is 2. The van der Waals surface area contributed by atoms with Gasteiger partial charge in [-0.2, -0.15) is 0 Å². The van der Waals surface area contributed by atoms with E-state index in [9.17, 15) is 18.0 Å². The van der Waals surface area contributed by atoms with Crippen molar-refractivity contribution >= 4 is 50.8 Å². The highest BCUT2D eigenvalue weighted by Gasteiger charge is 2.30. The number of nitrogens with zero attached hydrogens (tertiary/aromatic N) is 1. The molecule has 1 saturated carbocycles. The molecular formula is C20H20Cl2N2O5S. The van der Waals surface area contributed by atoms with Gasteiger partial charge in [0.2, 0.25) is 10.0 Å². The number of likely N-dealkylation sites (N-methyl/N-ethyl adjacent to an activating group) is 1. The molecule has 30 heavy (non-hydrogen) atoms. The molecule has 2 aromatic carbocycles. The van der Waals surface area contributed by atoms with E-state index >= 15 is 0 Å². The Morgan fingerprint density at radius 1 is 1.13 bits per heavy atom. The summed E-state index contributed by atoms with van der Waals surface area (Å²) >= 11 is 12.1. The summed E-state index contributed by atoms with van der Waals surface area (Å²) in [5.41, 5.74) is 0.484. The second-order valence-corrected chi connectivity index (χ2v) is 9.20. The van der Waals surface area contributed by atoms with Crippen molar-refractivity contribution in [2.24, 2.45) is 0 Å². The van der Waals surface area contributed by atoms with Crippen molar-refractivity contribution in [3.63, 3.8) is 0 Å². The van der Waals surface area contributed by atoms with Gasteiger partial charge in [-0.25, -0.2) is 17.9 Å². The fraction of sp³-hybridized carbons (Fsp3) is 0.300. The summed E-state index contributed by atoms with van der Waals surface area (Å²) in [6.07, 6.45) is 1.49. The number of ether oxygens (including phenoxy) is 1. The maximum Gasteiger partial charge on any atom is 0.340 e. The molecule has 0 atom stereocenters. The van der Waals surface area contributed by atoms with Crippen LogP contribution >= 0.6 is 23.2 Å². The zero-order chi connectivity index (χ0) is 21.9. The van der Waals surface area contributed by atoms with Crippen LogP contribution in [0.2, 0.25) is 10.0 Å². The molecule has 2 aromatic rings. The number of amides is 1. The first-order chi connectivity index (χ1) is 14.2. The number of anilines is 1. The van der Waals surface area contributed by atoms with Crippen molar-refractivity contribution in [1.29, 1.82) is 0 Å². The fourth-order valence-electron chi connectivity index (χ4n) is 2.77. The minimum absolute atomic E-state index is 0.0711. The van der Waals surface area contributed by atoms with Crippen LogP contribution in [-0.2, 0) is 19.6 Å². The maximum absolute atomic E-state index is 12.5. The molecule has 0 aliphatic heterocycles. The van der Waals surface area contributed by atoms with E-state index in [-0.39, 0.29) is 26.5 Å². The summed E-state index contributed by atoms with van der Waals surface area (Å²) in [6.45, 7) is 1.66. The Morgan fingerprint density at radius 3 is 2.40 bits per heavy atom. The quantitative estimate of drug-likeness (QED) is 0.594. The molecule has 7 nitrogen and oxygen atoms in total. The monoisotopic (exact) mass is 470 g/mol. The lowest BCUT2D eigenvalue weighted by atomic mass is 10.2. The van der Waals surface area contributed by atoms with Crippen LogP contribution in [0.25, 0.3) is 0 Å². The lowest BCUT2D eigenvalue weighted by molar-refractivity contribution is -0.121. The van der Waals surface area contributed by atoms with Gasteiger partial charge in [-0.15, -0.1) is 0 Å². The summed E-state index contributed by atoms with van der Waals surface area (Å²) in [4.78, 5) is 26.2. The van der Waals surface area contributed by atoms with Gasteiger partial charge in [0, 0.05) is 18.3 Å². The van der Waals surface area contributed by atoms with Gasteiger partial charge < -0.3 is 9.64 Å². The molecule has 160 valence electrons. The molecule has 0 unspecified atom stereocenters. The first-order valence-corrected chi connectivity index (χ1v) is 11.5. The Bertz CT molecular complexity index is 1060. The van der Waals surface area contributed by atoms with Gasteiger partial charge in [-0.05, 0) is 44.0 Å². The van der Waals surface area contributed by atoms with Gasteiger partial charge in [0.05, 0.1) is 15.6 Å². The number of rotatable bonds is 8. The number of para-hydroxylation sites is 1. The molecule has 0 heterocycles. The third-order valence-corrected chi connectivity index (χ3v) is 6.74. The summed E-state index contributed by atoms with van der Waals surface area (Å²) in [5, 5.41) is -0.180. The molecule has 10 heteroatoms. The molecule has 0 saturated heterocycles. The van der Waals surface area contributed by atoms with Crippen LogP contribution in [-0.4, -0.2) is 39.5 Å². The number of hydrogen-bond acceptors (Lipinski definition) is 5. The summed E-state index contributed by atoms with van der Waals surface area (Å²) in [6, 6.07) is 11.1. The third-order valence-electron chi connectivity index (χ3n) is 4.44. The highest BCUT2D eigenvalue weighted by molar-refractivity contribution is 7.89. The first kappa shape index (κ1) is 22.6. The number of sulfonamides is 1. The van der Waals surface area contributed by atoms with Crippen LogP contribution in [0.5, 0.6) is 0 Å². The second-order valence-electron chi connectivity index (χ2n) is 6.71. The van der Waals surface area contributed by atoms with Crippen LogP contribution in [0.3, 0.4) is 0 Å². The predicted octanol–water partition coefficient (Wildman–Crippen LogP) is 3.64. The Labute approximate surface area is 185 Å². The SMILES string of the molecule is CCN(C(=O)COC(=O)c1cc(S(=O)(=O)NC2CC2)c(Cl)cc1Cl)c1ccccc1. The smallest absolute Gasteiger partial charge is 0.340 e. The Kier molecular flexibility index (Phi) is 7.02. The van der Waals surface area contributed by atoms with Crippen molar-refractivity contribution in [3.05, 3.63) is 58.1 Å². The molecule has 1 fully saturated rings. The lowest BCUT2D eigenvalue weighted by Crippen LogP contribution is -2.34. The number of esters is 1. The summed E-state index contributed by atoms with van der Waals surface area (Å²) in [7, 11) is -3.91. The highest BCUT2D eigenvalue weighted by atomic mass is 35.5. The van der Waals surface area contributed by atoms with Gasteiger partial charge in [0.15, 0.2) is 6.61 Å². The molecule has 0 radical (unpaired) electrons. The van der Waals surface area contributed by atoms with Crippen molar-refractivity contribution in [2.75, 3.05) is 18.1 Å². The zero-order valence-corrected chi connectivity index (χ0v) is 18.4. The Hall–Kier alpha value is -2.13. The van der Waals surface area contributed by atoms with Gasteiger partial charge in [0.25, 0.3) is 5.91 Å². The standard InChI is InChI=1S/C20H20Cl2N2O5S/c1-2-24(14-6-4-3-5-7-14)19(25)12-29-20(26)15-10-18(17(22)11-16(15)21)30(27,28)23-13-8-9-13/h3-7,10-11,13,23H,2,8-9,12H2,1H3. The number of hydrogen-bond donors (Lipinski definition) is 1. The number of carbonyl (C=O) groups is 2. The molecule has 1 N–H and O–H groups in total. The normalized spacial score (nSPS) is 13.7. The lowest BCUT2D eigenvalue weighted by Gasteiger charge is -2.20. The second kappa shape index (κ2) is 9.34. The topological polar surface area (TPSA) is 92.8 Å². The van der Waals surface area contributed by atoms with Crippen LogP contribution < -0.4 is 9.62 Å². The van der Waals surface area contributed by atoms with Crippen molar-refractivity contribution in [1.82, 2.24) is 4.72 Å². The average Bonchev–Trinajstić information content (AvgIpc) is 3.50. The van der Waals surface area contributed by atoms with E-state index in [2.05, 4.69) is 4.72 Å².